The number of hydrogen-bond acceptors (Lipinski definition) is 3. The summed E-state index contributed by atoms with van der Waals surface area (Å²) in [6.45, 7) is 11.7. The molecule has 0 saturated carbocycles. The number of rotatable bonds is 10. The monoisotopic (exact) mass is 298 g/mol. The smallest absolute Gasteiger partial charge is 0.247 e. The van der Waals surface area contributed by atoms with E-state index < -0.39 is 17.7 Å². The van der Waals surface area contributed by atoms with Gasteiger partial charge in [-0.2, -0.15) is 0 Å². The molecule has 0 aromatic heterocycles. The summed E-state index contributed by atoms with van der Waals surface area (Å²) in [5.41, 5.74) is 1.67. The van der Waals surface area contributed by atoms with Gasteiger partial charge in [0.1, 0.15) is 0 Å². The van der Waals surface area contributed by atoms with Crippen LogP contribution in [-0.4, -0.2) is 23.1 Å². The third-order valence-corrected chi connectivity index (χ3v) is 3.53. The normalized spacial score (nSPS) is 15.1. The summed E-state index contributed by atoms with van der Waals surface area (Å²) in [5, 5.41) is 11.9. The first kappa shape index (κ1) is 19.6. The molecule has 21 heavy (non-hydrogen) atoms. The Hall–Kier alpha value is -1.36. The van der Waals surface area contributed by atoms with E-state index in [1.54, 1.807) is 11.6 Å². The molecule has 0 fully saturated rings. The number of carbonyl (C=O) groups excluding carboxylic acids is 2. The zero-order valence-corrected chi connectivity index (χ0v) is 13.7. The molecule has 0 aliphatic carbocycles. The van der Waals surface area contributed by atoms with E-state index in [1.807, 2.05) is 20.8 Å². The molecule has 0 spiro atoms. The molecule has 0 unspecified atom stereocenters. The fourth-order valence-corrected chi connectivity index (χ4v) is 2.53. The second kappa shape index (κ2) is 10.4. The van der Waals surface area contributed by atoms with Gasteiger partial charge in [0.05, 0.1) is 11.8 Å². The van der Waals surface area contributed by atoms with Gasteiger partial charge in [-0.15, -0.1) is 6.58 Å². The molecule has 0 aliphatic heterocycles. The van der Waals surface area contributed by atoms with Gasteiger partial charge in [0.2, 0.25) is 11.8 Å². The number of carbonyl (C=O) groups is 2. The number of hydrogen-bond donors (Lipinski definition) is 3. The van der Waals surface area contributed by atoms with E-state index in [1.165, 1.54) is 0 Å². The molecule has 0 aromatic rings. The van der Waals surface area contributed by atoms with Crippen LogP contribution in [0.1, 0.15) is 53.4 Å². The van der Waals surface area contributed by atoms with Gasteiger partial charge in [0, 0.05) is 6.04 Å². The second-order valence-corrected chi connectivity index (χ2v) is 6.04. The lowest BCUT2D eigenvalue weighted by Gasteiger charge is -2.27. The van der Waals surface area contributed by atoms with Crippen molar-refractivity contribution in [2.45, 2.75) is 59.4 Å². The van der Waals surface area contributed by atoms with E-state index in [9.17, 15) is 9.59 Å². The van der Waals surface area contributed by atoms with Crippen LogP contribution < -0.4 is 10.8 Å². The molecule has 0 saturated heterocycles. The van der Waals surface area contributed by atoms with E-state index in [0.717, 1.165) is 12.8 Å². The van der Waals surface area contributed by atoms with Gasteiger partial charge >= 0.3 is 0 Å². The van der Waals surface area contributed by atoms with Gasteiger partial charge in [-0.3, -0.25) is 14.8 Å². The van der Waals surface area contributed by atoms with Gasteiger partial charge in [-0.1, -0.05) is 33.3 Å². The van der Waals surface area contributed by atoms with Crippen LogP contribution in [0.3, 0.4) is 0 Å². The molecule has 3 N–H and O–H groups in total. The molecule has 0 aromatic carbocycles. The third kappa shape index (κ3) is 7.27. The topological polar surface area (TPSA) is 78.4 Å². The molecular weight excluding hydrogens is 268 g/mol. The van der Waals surface area contributed by atoms with E-state index in [-0.39, 0.29) is 17.9 Å². The van der Waals surface area contributed by atoms with Crippen LogP contribution in [0, 0.1) is 17.8 Å². The van der Waals surface area contributed by atoms with Crippen LogP contribution >= 0.6 is 0 Å². The minimum absolute atomic E-state index is 0.0822. The first-order valence-electron chi connectivity index (χ1n) is 7.72. The maximum atomic E-state index is 12.5. The zero-order chi connectivity index (χ0) is 16.4. The summed E-state index contributed by atoms with van der Waals surface area (Å²) < 4.78 is 0. The lowest BCUT2D eigenvalue weighted by molar-refractivity contribution is -0.141. The van der Waals surface area contributed by atoms with Crippen molar-refractivity contribution in [1.29, 1.82) is 0 Å². The van der Waals surface area contributed by atoms with Crippen molar-refractivity contribution in [1.82, 2.24) is 10.8 Å². The summed E-state index contributed by atoms with van der Waals surface area (Å²) in [7, 11) is 0. The molecule has 0 aliphatic rings. The lowest BCUT2D eigenvalue weighted by atomic mass is 9.82. The summed E-state index contributed by atoms with van der Waals surface area (Å²) in [5.74, 6) is -1.43. The predicted octanol–water partition coefficient (Wildman–Crippen LogP) is 2.65. The summed E-state index contributed by atoms with van der Waals surface area (Å²) in [4.78, 5) is 24.3. The highest BCUT2D eigenvalue weighted by Gasteiger charge is 2.33. The molecule has 0 bridgehead atoms. The van der Waals surface area contributed by atoms with Crippen molar-refractivity contribution in [2.75, 3.05) is 0 Å². The first-order valence-corrected chi connectivity index (χ1v) is 7.72. The van der Waals surface area contributed by atoms with Crippen molar-refractivity contribution < 1.29 is 14.8 Å². The Morgan fingerprint density at radius 1 is 1.19 bits per heavy atom. The van der Waals surface area contributed by atoms with Crippen molar-refractivity contribution in [2.24, 2.45) is 17.8 Å². The molecule has 5 nitrogen and oxygen atoms in total. The first-order chi connectivity index (χ1) is 9.87. The van der Waals surface area contributed by atoms with E-state index in [0.29, 0.717) is 12.8 Å². The number of nitrogens with one attached hydrogen (secondary N) is 2. The highest BCUT2D eigenvalue weighted by atomic mass is 16.5. The highest BCUT2D eigenvalue weighted by Crippen LogP contribution is 2.25. The number of hydroxylamine groups is 1. The zero-order valence-electron chi connectivity index (χ0n) is 13.7. The lowest BCUT2D eigenvalue weighted by Crippen LogP contribution is -2.44. The van der Waals surface area contributed by atoms with Gasteiger partial charge in [-0.05, 0) is 32.1 Å². The minimum atomic E-state index is -0.594. The SMILES string of the molecule is C=CC[C@H](C(=O)NO)[C@@H](CC(C)C)C(=O)N[C@H](C)CCC. The molecule has 0 heterocycles. The summed E-state index contributed by atoms with van der Waals surface area (Å²) >= 11 is 0. The highest BCUT2D eigenvalue weighted by molar-refractivity contribution is 5.87. The largest absolute Gasteiger partial charge is 0.353 e. The van der Waals surface area contributed by atoms with Crippen LogP contribution in [0.25, 0.3) is 0 Å². The second-order valence-electron chi connectivity index (χ2n) is 6.04. The molecule has 122 valence electrons. The fourth-order valence-electron chi connectivity index (χ4n) is 2.53. The molecule has 5 heteroatoms. The van der Waals surface area contributed by atoms with E-state index in [4.69, 9.17) is 5.21 Å². The maximum absolute atomic E-state index is 12.5. The van der Waals surface area contributed by atoms with Crippen LogP contribution in [0.2, 0.25) is 0 Å². The fraction of sp³-hybridized carbons (Fsp3) is 0.750. The van der Waals surface area contributed by atoms with Crippen LogP contribution in [-0.2, 0) is 9.59 Å². The molecular formula is C16H30N2O3. The summed E-state index contributed by atoms with van der Waals surface area (Å²) in [6.07, 6.45) is 4.45. The van der Waals surface area contributed by atoms with E-state index in [2.05, 4.69) is 18.8 Å². The van der Waals surface area contributed by atoms with Crippen LogP contribution in [0.4, 0.5) is 0 Å². The molecule has 0 rings (SSSR count). The molecule has 2 amide bonds. The Balaban J connectivity index is 5.08. The Morgan fingerprint density at radius 3 is 2.24 bits per heavy atom. The van der Waals surface area contributed by atoms with Crippen LogP contribution in [0.5, 0.6) is 0 Å². The van der Waals surface area contributed by atoms with Crippen molar-refractivity contribution in [3.8, 4) is 0 Å². The number of allylic oxidation sites excluding steroid dienone is 1. The Labute approximate surface area is 128 Å². The van der Waals surface area contributed by atoms with Crippen molar-refractivity contribution in [3.63, 3.8) is 0 Å². The molecule has 3 atom stereocenters. The van der Waals surface area contributed by atoms with Crippen molar-refractivity contribution >= 4 is 11.8 Å². The van der Waals surface area contributed by atoms with Gasteiger partial charge < -0.3 is 5.32 Å². The van der Waals surface area contributed by atoms with Gasteiger partial charge in [-0.25, -0.2) is 5.48 Å². The van der Waals surface area contributed by atoms with Gasteiger partial charge in [0.15, 0.2) is 0 Å². The Kier molecular flexibility index (Phi) is 9.71. The predicted molar refractivity (Wildman–Crippen MR) is 83.7 cm³/mol. The van der Waals surface area contributed by atoms with Crippen molar-refractivity contribution in [3.05, 3.63) is 12.7 Å². The third-order valence-electron chi connectivity index (χ3n) is 3.53. The van der Waals surface area contributed by atoms with Crippen LogP contribution in [0.15, 0.2) is 12.7 Å². The van der Waals surface area contributed by atoms with Gasteiger partial charge in [0.25, 0.3) is 0 Å². The quantitative estimate of drug-likeness (QED) is 0.329. The Bertz CT molecular complexity index is 342. The standard InChI is InChI=1S/C16H30N2O3/c1-6-8-12(5)17-15(19)14(10-11(3)4)13(9-7-2)16(20)18-21/h7,11-14,21H,2,6,8-10H2,1,3-5H3,(H,17,19)(H,18,20)/t12-,13+,14-/m1/s1. The average Bonchev–Trinajstić information content (AvgIpc) is 2.41. The maximum Gasteiger partial charge on any atom is 0.247 e. The average molecular weight is 298 g/mol. The minimum Gasteiger partial charge on any atom is -0.353 e. The number of amides is 2. The van der Waals surface area contributed by atoms with E-state index >= 15 is 0 Å². The summed E-state index contributed by atoms with van der Waals surface area (Å²) in [6, 6.07) is 0.0822. The Morgan fingerprint density at radius 2 is 1.81 bits per heavy atom. The molecule has 0 radical (unpaired) electrons.